The van der Waals surface area contributed by atoms with Crippen LogP contribution in [0.2, 0.25) is 0 Å². The molecule has 0 amide bonds. The molecule has 0 bridgehead atoms. The van der Waals surface area contributed by atoms with E-state index < -0.39 is 5.97 Å². The first-order valence-corrected chi connectivity index (χ1v) is 8.12. The number of benzene rings is 1. The Balaban J connectivity index is 1.90. The van der Waals surface area contributed by atoms with Crippen LogP contribution in [0.25, 0.3) is 16.6 Å². The first-order valence-electron chi connectivity index (χ1n) is 8.12. The van der Waals surface area contributed by atoms with Crippen LogP contribution in [0.15, 0.2) is 29.1 Å². The van der Waals surface area contributed by atoms with Crippen molar-refractivity contribution in [2.45, 2.75) is 45.3 Å². The summed E-state index contributed by atoms with van der Waals surface area (Å²) in [7, 11) is 0. The van der Waals surface area contributed by atoms with Crippen LogP contribution < -0.4 is 5.69 Å². The van der Waals surface area contributed by atoms with Crippen molar-refractivity contribution < 1.29 is 9.53 Å². The Morgan fingerprint density at radius 1 is 1.33 bits per heavy atom. The molecule has 0 atom stereocenters. The van der Waals surface area contributed by atoms with E-state index in [1.54, 1.807) is 18.2 Å². The van der Waals surface area contributed by atoms with Crippen molar-refractivity contribution in [3.05, 3.63) is 40.6 Å². The van der Waals surface area contributed by atoms with E-state index in [-0.39, 0.29) is 24.3 Å². The number of rotatable bonds is 4. The van der Waals surface area contributed by atoms with Crippen molar-refractivity contribution in [3.8, 4) is 0 Å². The van der Waals surface area contributed by atoms with Gasteiger partial charge in [0, 0.05) is 11.3 Å². The van der Waals surface area contributed by atoms with Gasteiger partial charge in [-0.2, -0.15) is 0 Å². The smallest absolute Gasteiger partial charge is 0.352 e. The predicted octanol–water partition coefficient (Wildman–Crippen LogP) is 1.87. The third-order valence-electron chi connectivity index (χ3n) is 4.04. The topological polar surface area (TPSA) is 78.5 Å². The third kappa shape index (κ3) is 2.46. The summed E-state index contributed by atoms with van der Waals surface area (Å²) in [6, 6.07) is 7.60. The Labute approximate surface area is 137 Å². The highest BCUT2D eigenvalue weighted by Gasteiger charge is 2.30. The molecule has 0 N–H and O–H groups in total. The molecule has 0 radical (unpaired) electrons. The summed E-state index contributed by atoms with van der Waals surface area (Å²) in [5.74, 6) is 0.549. The zero-order valence-corrected chi connectivity index (χ0v) is 13.6. The largest absolute Gasteiger partial charge is 0.462 e. The molecular weight excluding hydrogens is 308 g/mol. The molecule has 1 aromatic carbocycles. The number of hydrogen-bond acceptors (Lipinski definition) is 5. The fraction of sp³-hybridized carbons (Fsp3) is 0.412. The summed E-state index contributed by atoms with van der Waals surface area (Å²) >= 11 is 0. The monoisotopic (exact) mass is 326 g/mol. The van der Waals surface area contributed by atoms with Gasteiger partial charge in [0.2, 0.25) is 0 Å². The van der Waals surface area contributed by atoms with E-state index in [2.05, 4.69) is 10.1 Å². The molecule has 24 heavy (non-hydrogen) atoms. The van der Waals surface area contributed by atoms with E-state index >= 15 is 0 Å². The lowest BCUT2D eigenvalue weighted by Gasteiger charge is -2.06. The maximum Gasteiger partial charge on any atom is 0.352 e. The molecule has 1 fully saturated rings. The molecule has 0 saturated heterocycles. The van der Waals surface area contributed by atoms with E-state index in [0.29, 0.717) is 5.65 Å². The molecule has 0 unspecified atom stereocenters. The SMILES string of the molecule is CC(C)OC(=O)Cn1nc2c3ccccc3nc(C3CC3)n2c1=O. The summed E-state index contributed by atoms with van der Waals surface area (Å²) in [6.07, 6.45) is 1.82. The second-order valence-corrected chi connectivity index (χ2v) is 6.40. The molecule has 2 heterocycles. The zero-order valence-electron chi connectivity index (χ0n) is 13.6. The van der Waals surface area contributed by atoms with Crippen LogP contribution in [0, 0.1) is 0 Å². The second-order valence-electron chi connectivity index (χ2n) is 6.40. The van der Waals surface area contributed by atoms with Gasteiger partial charge in [0.15, 0.2) is 5.65 Å². The van der Waals surface area contributed by atoms with Crippen LogP contribution in [0.1, 0.15) is 38.4 Å². The highest BCUT2D eigenvalue weighted by molar-refractivity contribution is 5.91. The van der Waals surface area contributed by atoms with E-state index in [1.807, 2.05) is 24.3 Å². The molecule has 7 nitrogen and oxygen atoms in total. The van der Waals surface area contributed by atoms with Crippen molar-refractivity contribution in [2.75, 3.05) is 0 Å². The van der Waals surface area contributed by atoms with Crippen LogP contribution in [-0.2, 0) is 16.1 Å². The molecule has 7 heteroatoms. The highest BCUT2D eigenvalue weighted by Crippen LogP contribution is 2.39. The van der Waals surface area contributed by atoms with Gasteiger partial charge in [0.05, 0.1) is 11.6 Å². The van der Waals surface area contributed by atoms with Crippen molar-refractivity contribution in [1.29, 1.82) is 0 Å². The lowest BCUT2D eigenvalue weighted by atomic mass is 10.2. The number of ether oxygens (including phenoxy) is 1. The normalized spacial score (nSPS) is 14.6. The van der Waals surface area contributed by atoms with Gasteiger partial charge < -0.3 is 4.74 Å². The minimum Gasteiger partial charge on any atom is -0.462 e. The average Bonchev–Trinajstić information content (AvgIpc) is 3.32. The van der Waals surface area contributed by atoms with Crippen LogP contribution in [-0.4, -0.2) is 31.2 Å². The molecule has 1 saturated carbocycles. The predicted molar refractivity (Wildman–Crippen MR) is 88.0 cm³/mol. The number of nitrogens with zero attached hydrogens (tertiary/aromatic N) is 4. The van der Waals surface area contributed by atoms with E-state index in [9.17, 15) is 9.59 Å². The third-order valence-corrected chi connectivity index (χ3v) is 4.04. The number of fused-ring (bicyclic) bond motifs is 3. The van der Waals surface area contributed by atoms with Gasteiger partial charge in [-0.3, -0.25) is 4.79 Å². The van der Waals surface area contributed by atoms with Crippen molar-refractivity contribution in [1.82, 2.24) is 19.2 Å². The molecule has 0 spiro atoms. The molecule has 0 aliphatic heterocycles. The zero-order chi connectivity index (χ0) is 16.8. The number of esters is 1. The maximum absolute atomic E-state index is 12.8. The fourth-order valence-electron chi connectivity index (χ4n) is 2.86. The average molecular weight is 326 g/mol. The number of para-hydroxylation sites is 1. The summed E-state index contributed by atoms with van der Waals surface area (Å²) in [5, 5.41) is 5.19. The molecule has 1 aliphatic carbocycles. The summed E-state index contributed by atoms with van der Waals surface area (Å²) in [5.41, 5.74) is 1.02. The van der Waals surface area contributed by atoms with Gasteiger partial charge in [-0.15, -0.1) is 5.10 Å². The number of aromatic nitrogens is 4. The maximum atomic E-state index is 12.8. The molecule has 2 aromatic heterocycles. The van der Waals surface area contributed by atoms with Crippen molar-refractivity contribution in [3.63, 3.8) is 0 Å². The highest BCUT2D eigenvalue weighted by atomic mass is 16.5. The molecule has 3 aromatic rings. The Hall–Kier alpha value is -2.70. The van der Waals surface area contributed by atoms with Gasteiger partial charge in [0.1, 0.15) is 12.4 Å². The first-order chi connectivity index (χ1) is 11.5. The van der Waals surface area contributed by atoms with Crippen LogP contribution in [0.3, 0.4) is 0 Å². The quantitative estimate of drug-likeness (QED) is 0.684. The minimum absolute atomic E-state index is 0.197. The van der Waals surface area contributed by atoms with Crippen molar-refractivity contribution >= 4 is 22.5 Å². The molecule has 1 aliphatic rings. The summed E-state index contributed by atoms with van der Waals surface area (Å²) in [4.78, 5) is 29.3. The summed E-state index contributed by atoms with van der Waals surface area (Å²) < 4.78 is 7.83. The fourth-order valence-corrected chi connectivity index (χ4v) is 2.86. The minimum atomic E-state index is -0.472. The summed E-state index contributed by atoms with van der Waals surface area (Å²) in [6.45, 7) is 3.34. The van der Waals surface area contributed by atoms with Gasteiger partial charge in [0.25, 0.3) is 0 Å². The number of hydrogen-bond donors (Lipinski definition) is 0. The Morgan fingerprint density at radius 2 is 2.08 bits per heavy atom. The lowest BCUT2D eigenvalue weighted by molar-refractivity contribution is -0.148. The van der Waals surface area contributed by atoms with Gasteiger partial charge in [-0.05, 0) is 38.8 Å². The molecular formula is C17H18N4O3. The lowest BCUT2D eigenvalue weighted by Crippen LogP contribution is -2.28. The molecule has 124 valence electrons. The first kappa shape index (κ1) is 14.9. The second kappa shape index (κ2) is 5.43. The van der Waals surface area contributed by atoms with Crippen LogP contribution in [0.5, 0.6) is 0 Å². The van der Waals surface area contributed by atoms with Gasteiger partial charge in [-0.25, -0.2) is 18.9 Å². The van der Waals surface area contributed by atoms with Crippen LogP contribution in [0.4, 0.5) is 0 Å². The number of carbonyl (C=O) groups excluding carboxylic acids is 1. The Kier molecular flexibility index (Phi) is 3.37. The van der Waals surface area contributed by atoms with Gasteiger partial charge in [-0.1, -0.05) is 12.1 Å². The van der Waals surface area contributed by atoms with Gasteiger partial charge >= 0.3 is 11.7 Å². The standard InChI is InChI=1S/C17H18N4O3/c1-10(2)24-14(22)9-20-17(23)21-15(11-7-8-11)18-13-6-4-3-5-12(13)16(21)19-20/h3-6,10-11H,7-9H2,1-2H3. The Morgan fingerprint density at radius 3 is 2.79 bits per heavy atom. The Bertz CT molecular complexity index is 998. The van der Waals surface area contributed by atoms with E-state index in [1.165, 1.54) is 4.68 Å². The van der Waals surface area contributed by atoms with Crippen molar-refractivity contribution in [2.24, 2.45) is 0 Å². The van der Waals surface area contributed by atoms with Crippen LogP contribution >= 0.6 is 0 Å². The van der Waals surface area contributed by atoms with E-state index in [0.717, 1.165) is 29.6 Å². The van der Waals surface area contributed by atoms with E-state index in [4.69, 9.17) is 4.74 Å². The molecule has 4 rings (SSSR count). The number of carbonyl (C=O) groups is 1.